The molecule has 3 nitrogen and oxygen atoms in total. The summed E-state index contributed by atoms with van der Waals surface area (Å²) < 4.78 is 1.93. The molecule has 0 saturated heterocycles. The molecule has 0 fully saturated rings. The van der Waals surface area contributed by atoms with Gasteiger partial charge >= 0.3 is 0 Å². The molecule has 0 aliphatic heterocycles. The molecule has 0 bridgehead atoms. The Morgan fingerprint density at radius 3 is 2.75 bits per heavy atom. The molecule has 0 aromatic carbocycles. The number of hydrogen-bond donors (Lipinski definition) is 1. The first-order valence-corrected chi connectivity index (χ1v) is 4.39. The highest BCUT2D eigenvalue weighted by molar-refractivity contribution is 5.12. The standard InChI is InChI=1S/C9H17N3/c1-5-10-8(3)9-6-7(2)11-12(9)4/h6,8,10H,5H2,1-4H3. The monoisotopic (exact) mass is 167 g/mol. The highest BCUT2D eigenvalue weighted by Gasteiger charge is 2.08. The van der Waals surface area contributed by atoms with Crippen LogP contribution in [0, 0.1) is 6.92 Å². The van der Waals surface area contributed by atoms with E-state index in [9.17, 15) is 0 Å². The molecule has 0 aliphatic carbocycles. The summed E-state index contributed by atoms with van der Waals surface area (Å²) in [5, 5.41) is 7.65. The molecule has 1 atom stereocenters. The summed E-state index contributed by atoms with van der Waals surface area (Å²) in [5.41, 5.74) is 2.33. The Hall–Kier alpha value is -0.830. The van der Waals surface area contributed by atoms with Crippen LogP contribution in [-0.4, -0.2) is 16.3 Å². The van der Waals surface area contributed by atoms with Crippen molar-refractivity contribution in [3.05, 3.63) is 17.5 Å². The van der Waals surface area contributed by atoms with E-state index < -0.39 is 0 Å². The summed E-state index contributed by atoms with van der Waals surface area (Å²) >= 11 is 0. The normalized spacial score (nSPS) is 13.3. The Labute approximate surface area is 73.8 Å². The summed E-state index contributed by atoms with van der Waals surface area (Å²) in [6.45, 7) is 7.27. The van der Waals surface area contributed by atoms with Crippen LogP contribution in [-0.2, 0) is 7.05 Å². The Bertz CT molecular complexity index is 252. The molecule has 0 radical (unpaired) electrons. The first-order valence-electron chi connectivity index (χ1n) is 4.39. The van der Waals surface area contributed by atoms with E-state index >= 15 is 0 Å². The molecule has 1 N–H and O–H groups in total. The topological polar surface area (TPSA) is 29.9 Å². The third-order valence-electron chi connectivity index (χ3n) is 1.99. The van der Waals surface area contributed by atoms with Crippen molar-refractivity contribution in [1.82, 2.24) is 15.1 Å². The third kappa shape index (κ3) is 1.85. The Morgan fingerprint density at radius 1 is 1.67 bits per heavy atom. The molecule has 1 heterocycles. The largest absolute Gasteiger partial charge is 0.309 e. The highest BCUT2D eigenvalue weighted by atomic mass is 15.3. The molecule has 0 aliphatic rings. The van der Waals surface area contributed by atoms with E-state index in [1.54, 1.807) is 0 Å². The van der Waals surface area contributed by atoms with Gasteiger partial charge in [-0.3, -0.25) is 4.68 Å². The summed E-state index contributed by atoms with van der Waals surface area (Å²) in [6, 6.07) is 2.51. The number of nitrogens with zero attached hydrogens (tertiary/aromatic N) is 2. The second-order valence-electron chi connectivity index (χ2n) is 3.11. The fraction of sp³-hybridized carbons (Fsp3) is 0.667. The van der Waals surface area contributed by atoms with Gasteiger partial charge in [0.05, 0.1) is 11.4 Å². The number of aryl methyl sites for hydroxylation is 2. The van der Waals surface area contributed by atoms with E-state index in [0.29, 0.717) is 6.04 Å². The van der Waals surface area contributed by atoms with E-state index in [1.807, 2.05) is 18.7 Å². The summed E-state index contributed by atoms with van der Waals surface area (Å²) in [7, 11) is 1.98. The van der Waals surface area contributed by atoms with Crippen molar-refractivity contribution in [2.75, 3.05) is 6.54 Å². The fourth-order valence-corrected chi connectivity index (χ4v) is 1.45. The van der Waals surface area contributed by atoms with Crippen molar-refractivity contribution in [2.24, 2.45) is 7.05 Å². The second kappa shape index (κ2) is 3.72. The Morgan fingerprint density at radius 2 is 2.33 bits per heavy atom. The minimum atomic E-state index is 0.390. The lowest BCUT2D eigenvalue weighted by Gasteiger charge is -2.11. The van der Waals surface area contributed by atoms with Crippen molar-refractivity contribution in [1.29, 1.82) is 0 Å². The van der Waals surface area contributed by atoms with Crippen LogP contribution in [0.2, 0.25) is 0 Å². The van der Waals surface area contributed by atoms with Gasteiger partial charge in [-0.1, -0.05) is 6.92 Å². The van der Waals surface area contributed by atoms with Gasteiger partial charge < -0.3 is 5.32 Å². The lowest BCUT2D eigenvalue weighted by atomic mass is 10.2. The Balaban J connectivity index is 2.79. The van der Waals surface area contributed by atoms with Crippen molar-refractivity contribution in [2.45, 2.75) is 26.8 Å². The van der Waals surface area contributed by atoms with Crippen LogP contribution in [0.4, 0.5) is 0 Å². The summed E-state index contributed by atoms with van der Waals surface area (Å²) in [4.78, 5) is 0. The summed E-state index contributed by atoms with van der Waals surface area (Å²) in [6.07, 6.45) is 0. The van der Waals surface area contributed by atoms with Gasteiger partial charge in [-0.15, -0.1) is 0 Å². The van der Waals surface area contributed by atoms with E-state index in [4.69, 9.17) is 0 Å². The molecule has 1 aromatic rings. The molecule has 0 spiro atoms. The van der Waals surface area contributed by atoms with Gasteiger partial charge in [-0.05, 0) is 26.5 Å². The number of rotatable bonds is 3. The van der Waals surface area contributed by atoms with Gasteiger partial charge in [0.25, 0.3) is 0 Å². The number of hydrogen-bond acceptors (Lipinski definition) is 2. The maximum absolute atomic E-state index is 4.29. The lowest BCUT2D eigenvalue weighted by molar-refractivity contribution is 0.546. The quantitative estimate of drug-likeness (QED) is 0.737. The van der Waals surface area contributed by atoms with Crippen LogP contribution in [0.1, 0.15) is 31.3 Å². The van der Waals surface area contributed by atoms with Gasteiger partial charge in [-0.2, -0.15) is 5.10 Å². The van der Waals surface area contributed by atoms with Crippen LogP contribution in [0.5, 0.6) is 0 Å². The minimum Gasteiger partial charge on any atom is -0.309 e. The SMILES string of the molecule is CCNC(C)c1cc(C)nn1C. The van der Waals surface area contributed by atoms with E-state index in [2.05, 4.69) is 30.3 Å². The molecule has 68 valence electrons. The van der Waals surface area contributed by atoms with Crippen molar-refractivity contribution < 1.29 is 0 Å². The van der Waals surface area contributed by atoms with Gasteiger partial charge in [0.15, 0.2) is 0 Å². The molecule has 1 aromatic heterocycles. The van der Waals surface area contributed by atoms with E-state index in [0.717, 1.165) is 12.2 Å². The smallest absolute Gasteiger partial charge is 0.0597 e. The molecular formula is C9H17N3. The van der Waals surface area contributed by atoms with Gasteiger partial charge in [0, 0.05) is 13.1 Å². The van der Waals surface area contributed by atoms with Crippen molar-refractivity contribution in [3.8, 4) is 0 Å². The first kappa shape index (κ1) is 9.26. The van der Waals surface area contributed by atoms with Gasteiger partial charge in [0.1, 0.15) is 0 Å². The van der Waals surface area contributed by atoms with Gasteiger partial charge in [-0.25, -0.2) is 0 Å². The van der Waals surface area contributed by atoms with E-state index in [1.165, 1.54) is 5.69 Å². The molecule has 0 saturated carbocycles. The molecule has 0 amide bonds. The summed E-state index contributed by atoms with van der Waals surface area (Å²) in [5.74, 6) is 0. The zero-order valence-corrected chi connectivity index (χ0v) is 8.26. The average Bonchev–Trinajstić information content (AvgIpc) is 2.30. The van der Waals surface area contributed by atoms with Crippen molar-refractivity contribution in [3.63, 3.8) is 0 Å². The maximum atomic E-state index is 4.29. The molecule has 3 heteroatoms. The van der Waals surface area contributed by atoms with E-state index in [-0.39, 0.29) is 0 Å². The van der Waals surface area contributed by atoms with Crippen LogP contribution < -0.4 is 5.32 Å². The molecule has 1 unspecified atom stereocenters. The zero-order chi connectivity index (χ0) is 9.14. The lowest BCUT2D eigenvalue weighted by Crippen LogP contribution is -2.20. The average molecular weight is 167 g/mol. The molecule has 1 rings (SSSR count). The fourth-order valence-electron chi connectivity index (χ4n) is 1.45. The van der Waals surface area contributed by atoms with Crippen LogP contribution in [0.15, 0.2) is 6.07 Å². The predicted molar refractivity (Wildman–Crippen MR) is 50.0 cm³/mol. The van der Waals surface area contributed by atoms with Gasteiger partial charge in [0.2, 0.25) is 0 Å². The number of aromatic nitrogens is 2. The third-order valence-corrected chi connectivity index (χ3v) is 1.99. The minimum absolute atomic E-state index is 0.390. The Kier molecular flexibility index (Phi) is 2.87. The second-order valence-corrected chi connectivity index (χ2v) is 3.11. The molecule has 12 heavy (non-hydrogen) atoms. The predicted octanol–water partition coefficient (Wildman–Crippen LogP) is 1.40. The van der Waals surface area contributed by atoms with Crippen LogP contribution in [0.3, 0.4) is 0 Å². The van der Waals surface area contributed by atoms with Crippen LogP contribution in [0.25, 0.3) is 0 Å². The first-order chi connectivity index (χ1) is 5.65. The highest BCUT2D eigenvalue weighted by Crippen LogP contribution is 2.11. The maximum Gasteiger partial charge on any atom is 0.0597 e. The number of nitrogens with one attached hydrogen (secondary N) is 1. The van der Waals surface area contributed by atoms with Crippen LogP contribution >= 0.6 is 0 Å². The molecular weight excluding hydrogens is 150 g/mol. The van der Waals surface area contributed by atoms with Crippen molar-refractivity contribution >= 4 is 0 Å². The zero-order valence-electron chi connectivity index (χ0n) is 8.26.